The highest BCUT2D eigenvalue weighted by Crippen LogP contribution is 2.21. The summed E-state index contributed by atoms with van der Waals surface area (Å²) in [5.41, 5.74) is 0. The molecule has 6 nitrogen and oxygen atoms in total. The number of carboxylic acids is 1. The van der Waals surface area contributed by atoms with Gasteiger partial charge in [-0.3, -0.25) is 5.32 Å². The van der Waals surface area contributed by atoms with Gasteiger partial charge in [-0.15, -0.1) is 11.3 Å². The van der Waals surface area contributed by atoms with E-state index >= 15 is 0 Å². The number of hydrogen-bond acceptors (Lipinski definition) is 4. The fourth-order valence-corrected chi connectivity index (χ4v) is 2.24. The van der Waals surface area contributed by atoms with E-state index in [1.165, 1.54) is 6.07 Å². The van der Waals surface area contributed by atoms with Crippen LogP contribution < -0.4 is 10.6 Å². The van der Waals surface area contributed by atoms with Crippen LogP contribution in [-0.4, -0.2) is 36.4 Å². The molecular weight excluding hydrogens is 244 g/mol. The summed E-state index contributed by atoms with van der Waals surface area (Å²) < 4.78 is 5.13. The Hall–Kier alpha value is -1.60. The van der Waals surface area contributed by atoms with Crippen LogP contribution >= 0.6 is 11.3 Å². The molecule has 7 heteroatoms. The van der Waals surface area contributed by atoms with E-state index in [4.69, 9.17) is 9.84 Å². The zero-order chi connectivity index (χ0) is 12.3. The second kappa shape index (κ2) is 5.15. The topological polar surface area (TPSA) is 87.7 Å². The number of urea groups is 1. The third-order valence-corrected chi connectivity index (χ3v) is 3.31. The van der Waals surface area contributed by atoms with Crippen LogP contribution in [0.25, 0.3) is 0 Å². The Bertz CT molecular complexity index is 426. The predicted octanol–water partition coefficient (Wildman–Crippen LogP) is 1.36. The van der Waals surface area contributed by atoms with Crippen molar-refractivity contribution in [2.24, 2.45) is 0 Å². The minimum Gasteiger partial charge on any atom is -0.477 e. The molecule has 2 rings (SSSR count). The van der Waals surface area contributed by atoms with E-state index in [0.717, 1.165) is 17.8 Å². The molecule has 0 aromatic carbocycles. The van der Waals surface area contributed by atoms with Crippen LogP contribution in [0.3, 0.4) is 0 Å². The summed E-state index contributed by atoms with van der Waals surface area (Å²) in [6.45, 7) is 1.19. The standard InChI is InChI=1S/C10H12N2O4S/c13-9(14)7-1-2-8(17-7)12-10(15)11-6-3-4-16-5-6/h1-2,6H,3-5H2,(H,13,14)(H2,11,12,15). The SMILES string of the molecule is O=C(Nc1ccc(C(=O)O)s1)NC1CCOC1. The van der Waals surface area contributed by atoms with E-state index in [2.05, 4.69) is 10.6 Å². The van der Waals surface area contributed by atoms with Crippen LogP contribution in [-0.2, 0) is 4.74 Å². The Kier molecular flexibility index (Phi) is 3.60. The molecule has 2 heterocycles. The van der Waals surface area contributed by atoms with Gasteiger partial charge < -0.3 is 15.2 Å². The smallest absolute Gasteiger partial charge is 0.345 e. The summed E-state index contributed by atoms with van der Waals surface area (Å²) in [4.78, 5) is 22.4. The summed E-state index contributed by atoms with van der Waals surface area (Å²) in [5.74, 6) is -0.993. The molecule has 1 atom stereocenters. The molecule has 1 aliphatic heterocycles. The molecule has 3 N–H and O–H groups in total. The van der Waals surface area contributed by atoms with Crippen molar-refractivity contribution in [3.05, 3.63) is 17.0 Å². The van der Waals surface area contributed by atoms with Gasteiger partial charge in [0, 0.05) is 6.61 Å². The average molecular weight is 256 g/mol. The number of carbonyl (C=O) groups is 2. The van der Waals surface area contributed by atoms with Gasteiger partial charge in [0.15, 0.2) is 0 Å². The van der Waals surface area contributed by atoms with Crippen LogP contribution in [0.5, 0.6) is 0 Å². The second-order valence-corrected chi connectivity index (χ2v) is 4.71. The van der Waals surface area contributed by atoms with Crippen molar-refractivity contribution in [2.75, 3.05) is 18.5 Å². The van der Waals surface area contributed by atoms with E-state index < -0.39 is 5.97 Å². The van der Waals surface area contributed by atoms with Gasteiger partial charge in [-0.05, 0) is 18.6 Å². The second-order valence-electron chi connectivity index (χ2n) is 3.63. The van der Waals surface area contributed by atoms with Gasteiger partial charge in [0.25, 0.3) is 0 Å². The number of aromatic carboxylic acids is 1. The van der Waals surface area contributed by atoms with Gasteiger partial charge in [0.2, 0.25) is 0 Å². The molecule has 0 radical (unpaired) electrons. The van der Waals surface area contributed by atoms with E-state index in [-0.39, 0.29) is 17.0 Å². The summed E-state index contributed by atoms with van der Waals surface area (Å²) in [5, 5.41) is 14.6. The predicted molar refractivity (Wildman–Crippen MR) is 62.7 cm³/mol. The molecular formula is C10H12N2O4S. The number of thiophene rings is 1. The molecule has 0 saturated carbocycles. The summed E-state index contributed by atoms with van der Waals surface area (Å²) in [6.07, 6.45) is 0.804. The molecule has 1 aliphatic rings. The molecule has 17 heavy (non-hydrogen) atoms. The van der Waals surface area contributed by atoms with Crippen molar-refractivity contribution >= 4 is 28.3 Å². The first-order chi connectivity index (χ1) is 8.15. The van der Waals surface area contributed by atoms with Crippen molar-refractivity contribution in [3.63, 3.8) is 0 Å². The first-order valence-corrected chi connectivity index (χ1v) is 5.95. The number of ether oxygens (including phenoxy) is 1. The van der Waals surface area contributed by atoms with Crippen molar-refractivity contribution in [2.45, 2.75) is 12.5 Å². The molecule has 0 aliphatic carbocycles. The zero-order valence-corrected chi connectivity index (χ0v) is 9.75. The third kappa shape index (κ3) is 3.18. The lowest BCUT2D eigenvalue weighted by molar-refractivity contribution is 0.0702. The number of rotatable bonds is 3. The molecule has 1 unspecified atom stereocenters. The highest BCUT2D eigenvalue weighted by molar-refractivity contribution is 7.18. The Balaban J connectivity index is 1.86. The van der Waals surface area contributed by atoms with Crippen molar-refractivity contribution < 1.29 is 19.4 Å². The number of hydrogen-bond donors (Lipinski definition) is 3. The maximum absolute atomic E-state index is 11.5. The molecule has 1 fully saturated rings. The molecule has 1 aromatic heterocycles. The lowest BCUT2D eigenvalue weighted by Gasteiger charge is -2.10. The number of amides is 2. The highest BCUT2D eigenvalue weighted by atomic mass is 32.1. The summed E-state index contributed by atoms with van der Waals surface area (Å²) in [6, 6.07) is 2.73. The van der Waals surface area contributed by atoms with Crippen molar-refractivity contribution in [1.29, 1.82) is 0 Å². The lowest BCUT2D eigenvalue weighted by atomic mass is 10.3. The van der Waals surface area contributed by atoms with Crippen molar-refractivity contribution in [1.82, 2.24) is 5.32 Å². The van der Waals surface area contributed by atoms with E-state index in [1.54, 1.807) is 6.07 Å². The van der Waals surface area contributed by atoms with E-state index in [0.29, 0.717) is 18.2 Å². The number of nitrogens with one attached hydrogen (secondary N) is 2. The largest absolute Gasteiger partial charge is 0.477 e. The zero-order valence-electron chi connectivity index (χ0n) is 8.93. The first kappa shape index (κ1) is 11.9. The Morgan fingerprint density at radius 2 is 2.29 bits per heavy atom. The van der Waals surface area contributed by atoms with Crippen LogP contribution in [0.2, 0.25) is 0 Å². The van der Waals surface area contributed by atoms with Gasteiger partial charge in [-0.1, -0.05) is 0 Å². The fourth-order valence-electron chi connectivity index (χ4n) is 1.50. The molecule has 0 spiro atoms. The monoisotopic (exact) mass is 256 g/mol. The number of carbonyl (C=O) groups excluding carboxylic acids is 1. The lowest BCUT2D eigenvalue weighted by Crippen LogP contribution is -2.37. The maximum atomic E-state index is 11.5. The Labute approximate surface area is 102 Å². The fraction of sp³-hybridized carbons (Fsp3) is 0.400. The number of carboxylic acid groups (broad SMARTS) is 1. The van der Waals surface area contributed by atoms with Crippen LogP contribution in [0, 0.1) is 0 Å². The van der Waals surface area contributed by atoms with E-state index in [9.17, 15) is 9.59 Å². The van der Waals surface area contributed by atoms with Gasteiger partial charge >= 0.3 is 12.0 Å². The molecule has 1 aromatic rings. The first-order valence-electron chi connectivity index (χ1n) is 5.13. The van der Waals surface area contributed by atoms with Gasteiger partial charge in [0.1, 0.15) is 4.88 Å². The van der Waals surface area contributed by atoms with Gasteiger partial charge in [0.05, 0.1) is 17.6 Å². The Morgan fingerprint density at radius 3 is 2.88 bits per heavy atom. The normalized spacial score (nSPS) is 18.9. The summed E-state index contributed by atoms with van der Waals surface area (Å²) in [7, 11) is 0. The maximum Gasteiger partial charge on any atom is 0.345 e. The van der Waals surface area contributed by atoms with Crippen LogP contribution in [0.1, 0.15) is 16.1 Å². The third-order valence-electron chi connectivity index (χ3n) is 2.32. The quantitative estimate of drug-likeness (QED) is 0.762. The van der Waals surface area contributed by atoms with Crippen LogP contribution in [0.4, 0.5) is 9.80 Å². The number of anilines is 1. The molecule has 0 bridgehead atoms. The minimum atomic E-state index is -0.993. The van der Waals surface area contributed by atoms with Crippen molar-refractivity contribution in [3.8, 4) is 0 Å². The van der Waals surface area contributed by atoms with Gasteiger partial charge in [-0.25, -0.2) is 9.59 Å². The molecule has 1 saturated heterocycles. The molecule has 2 amide bonds. The van der Waals surface area contributed by atoms with Crippen LogP contribution in [0.15, 0.2) is 12.1 Å². The van der Waals surface area contributed by atoms with Gasteiger partial charge in [-0.2, -0.15) is 0 Å². The average Bonchev–Trinajstić information content (AvgIpc) is 2.88. The molecule has 92 valence electrons. The van der Waals surface area contributed by atoms with E-state index in [1.807, 2.05) is 0 Å². The summed E-state index contributed by atoms with van der Waals surface area (Å²) >= 11 is 1.02. The highest BCUT2D eigenvalue weighted by Gasteiger charge is 2.18. The Morgan fingerprint density at radius 1 is 1.47 bits per heavy atom. The minimum absolute atomic E-state index is 0.0360.